The van der Waals surface area contributed by atoms with Gasteiger partial charge in [-0.05, 0) is 44.0 Å². The highest BCUT2D eigenvalue weighted by molar-refractivity contribution is 6.32. The zero-order valence-electron chi connectivity index (χ0n) is 12.7. The van der Waals surface area contributed by atoms with Crippen LogP contribution < -0.4 is 10.1 Å². The highest BCUT2D eigenvalue weighted by Crippen LogP contribution is 2.25. The van der Waals surface area contributed by atoms with Gasteiger partial charge in [0.1, 0.15) is 5.75 Å². The predicted octanol–water partition coefficient (Wildman–Crippen LogP) is 2.63. The summed E-state index contributed by atoms with van der Waals surface area (Å²) in [6.45, 7) is 7.31. The van der Waals surface area contributed by atoms with E-state index in [9.17, 15) is 4.79 Å². The first-order chi connectivity index (χ1) is 10.1. The van der Waals surface area contributed by atoms with Crippen LogP contribution in [0.4, 0.5) is 0 Å². The fraction of sp³-hybridized carbons (Fsp3) is 0.562. The van der Waals surface area contributed by atoms with E-state index in [-0.39, 0.29) is 18.6 Å². The van der Waals surface area contributed by atoms with Crippen molar-refractivity contribution in [1.82, 2.24) is 10.2 Å². The molecule has 4 nitrogen and oxygen atoms in total. The summed E-state index contributed by atoms with van der Waals surface area (Å²) < 4.78 is 5.51. The minimum Gasteiger partial charge on any atom is -0.482 e. The molecule has 1 saturated heterocycles. The van der Waals surface area contributed by atoms with Gasteiger partial charge in [0, 0.05) is 19.1 Å². The summed E-state index contributed by atoms with van der Waals surface area (Å²) in [7, 11) is 0. The van der Waals surface area contributed by atoms with Crippen molar-refractivity contribution < 1.29 is 9.53 Å². The van der Waals surface area contributed by atoms with Crippen LogP contribution in [0.15, 0.2) is 18.2 Å². The van der Waals surface area contributed by atoms with E-state index in [1.807, 2.05) is 19.1 Å². The predicted molar refractivity (Wildman–Crippen MR) is 85.0 cm³/mol. The lowest BCUT2D eigenvalue weighted by Gasteiger charge is -2.31. The van der Waals surface area contributed by atoms with Gasteiger partial charge in [-0.2, -0.15) is 0 Å². The summed E-state index contributed by atoms with van der Waals surface area (Å²) in [6.07, 6.45) is 2.01. The highest BCUT2D eigenvalue weighted by Gasteiger charge is 2.19. The molecule has 116 valence electrons. The van der Waals surface area contributed by atoms with E-state index in [1.165, 1.54) is 0 Å². The van der Waals surface area contributed by atoms with Gasteiger partial charge in [-0.15, -0.1) is 0 Å². The second-order valence-electron chi connectivity index (χ2n) is 5.50. The number of carbonyl (C=O) groups excluding carboxylic acids is 1. The molecule has 0 unspecified atom stereocenters. The van der Waals surface area contributed by atoms with Crippen LogP contribution in [0.1, 0.15) is 25.3 Å². The molecule has 0 atom stereocenters. The van der Waals surface area contributed by atoms with Crippen molar-refractivity contribution in [2.75, 3.05) is 26.2 Å². The molecule has 1 aromatic rings. The summed E-state index contributed by atoms with van der Waals surface area (Å²) in [6, 6.07) is 5.80. The van der Waals surface area contributed by atoms with Gasteiger partial charge in [0.05, 0.1) is 5.02 Å². The first kappa shape index (κ1) is 16.1. The fourth-order valence-electron chi connectivity index (χ4n) is 2.53. The number of carbonyl (C=O) groups is 1. The van der Waals surface area contributed by atoms with Crippen molar-refractivity contribution in [2.24, 2.45) is 0 Å². The third-order valence-electron chi connectivity index (χ3n) is 3.85. The minimum absolute atomic E-state index is 0.0111. The van der Waals surface area contributed by atoms with Gasteiger partial charge in [0.15, 0.2) is 6.61 Å². The van der Waals surface area contributed by atoms with Gasteiger partial charge in [0.2, 0.25) is 0 Å². The van der Waals surface area contributed by atoms with E-state index in [2.05, 4.69) is 17.1 Å². The molecular formula is C16H23ClN2O2. The van der Waals surface area contributed by atoms with Crippen LogP contribution in [-0.2, 0) is 4.79 Å². The second-order valence-corrected chi connectivity index (χ2v) is 5.91. The van der Waals surface area contributed by atoms with Crippen LogP contribution in [0, 0.1) is 6.92 Å². The average molecular weight is 311 g/mol. The molecule has 0 saturated carbocycles. The molecule has 1 N–H and O–H groups in total. The van der Waals surface area contributed by atoms with E-state index >= 15 is 0 Å². The number of piperidine rings is 1. The molecule has 1 amide bonds. The molecule has 1 aliphatic heterocycles. The molecule has 0 aromatic heterocycles. The van der Waals surface area contributed by atoms with Crippen molar-refractivity contribution in [3.63, 3.8) is 0 Å². The Morgan fingerprint density at radius 1 is 1.43 bits per heavy atom. The number of rotatable bonds is 5. The third-order valence-corrected chi connectivity index (χ3v) is 4.16. The van der Waals surface area contributed by atoms with Crippen molar-refractivity contribution in [1.29, 1.82) is 0 Å². The SMILES string of the molecule is CCN1CCC(NC(=O)COc2cc(C)ccc2Cl)CC1. The summed E-state index contributed by atoms with van der Waals surface area (Å²) in [5.41, 5.74) is 1.06. The lowest BCUT2D eigenvalue weighted by atomic mass is 10.1. The van der Waals surface area contributed by atoms with E-state index in [0.29, 0.717) is 10.8 Å². The first-order valence-corrected chi connectivity index (χ1v) is 7.87. The Bertz CT molecular complexity index is 485. The maximum atomic E-state index is 11.9. The molecule has 0 bridgehead atoms. The summed E-state index contributed by atoms with van der Waals surface area (Å²) in [4.78, 5) is 14.3. The van der Waals surface area contributed by atoms with Crippen molar-refractivity contribution in [3.05, 3.63) is 28.8 Å². The fourth-order valence-corrected chi connectivity index (χ4v) is 2.70. The molecule has 21 heavy (non-hydrogen) atoms. The van der Waals surface area contributed by atoms with Gasteiger partial charge in [-0.1, -0.05) is 24.6 Å². The quantitative estimate of drug-likeness (QED) is 0.909. The maximum Gasteiger partial charge on any atom is 0.258 e. The lowest BCUT2D eigenvalue weighted by molar-refractivity contribution is -0.124. The zero-order valence-corrected chi connectivity index (χ0v) is 13.4. The number of nitrogens with one attached hydrogen (secondary N) is 1. The zero-order chi connectivity index (χ0) is 15.2. The van der Waals surface area contributed by atoms with Crippen molar-refractivity contribution in [2.45, 2.75) is 32.7 Å². The Morgan fingerprint density at radius 2 is 2.14 bits per heavy atom. The Morgan fingerprint density at radius 3 is 2.81 bits per heavy atom. The third kappa shape index (κ3) is 4.90. The average Bonchev–Trinajstić information content (AvgIpc) is 2.49. The normalized spacial score (nSPS) is 16.7. The number of amides is 1. The monoisotopic (exact) mass is 310 g/mol. The standard InChI is InChI=1S/C16H23ClN2O2/c1-3-19-8-6-13(7-9-19)18-16(20)11-21-15-10-12(2)4-5-14(15)17/h4-5,10,13H,3,6-9,11H2,1-2H3,(H,18,20). The Hall–Kier alpha value is -1.26. The smallest absolute Gasteiger partial charge is 0.258 e. The second kappa shape index (κ2) is 7.66. The minimum atomic E-state index is -0.0810. The largest absolute Gasteiger partial charge is 0.482 e. The first-order valence-electron chi connectivity index (χ1n) is 7.49. The number of likely N-dealkylation sites (tertiary alicyclic amines) is 1. The van der Waals surface area contributed by atoms with Gasteiger partial charge < -0.3 is 15.0 Å². The number of aryl methyl sites for hydroxylation is 1. The van der Waals surface area contributed by atoms with Crippen molar-refractivity contribution in [3.8, 4) is 5.75 Å². The maximum absolute atomic E-state index is 11.9. The number of nitrogens with zero attached hydrogens (tertiary/aromatic N) is 1. The summed E-state index contributed by atoms with van der Waals surface area (Å²) in [5.74, 6) is 0.482. The lowest BCUT2D eigenvalue weighted by Crippen LogP contribution is -2.45. The molecular weight excluding hydrogens is 288 g/mol. The molecule has 1 aliphatic rings. The number of halogens is 1. The number of hydrogen-bond donors (Lipinski definition) is 1. The summed E-state index contributed by atoms with van der Waals surface area (Å²) in [5, 5.41) is 3.57. The van der Waals surface area contributed by atoms with Crippen LogP contribution in [0.3, 0.4) is 0 Å². The van der Waals surface area contributed by atoms with E-state index < -0.39 is 0 Å². The Kier molecular flexibility index (Phi) is 5.88. The Labute approximate surface area is 131 Å². The van der Waals surface area contributed by atoms with Crippen LogP contribution in [0.5, 0.6) is 5.75 Å². The topological polar surface area (TPSA) is 41.6 Å². The van der Waals surface area contributed by atoms with E-state index in [1.54, 1.807) is 6.07 Å². The molecule has 0 radical (unpaired) electrons. The summed E-state index contributed by atoms with van der Waals surface area (Å²) >= 11 is 6.04. The molecule has 2 rings (SSSR count). The van der Waals surface area contributed by atoms with Crippen LogP contribution in [0.2, 0.25) is 5.02 Å². The molecule has 5 heteroatoms. The number of benzene rings is 1. The van der Waals surface area contributed by atoms with Gasteiger partial charge >= 0.3 is 0 Å². The highest BCUT2D eigenvalue weighted by atomic mass is 35.5. The molecule has 1 fully saturated rings. The van der Waals surface area contributed by atoms with Crippen LogP contribution >= 0.6 is 11.6 Å². The van der Waals surface area contributed by atoms with Gasteiger partial charge in [0.25, 0.3) is 5.91 Å². The molecule has 0 spiro atoms. The van der Waals surface area contributed by atoms with Crippen LogP contribution in [-0.4, -0.2) is 43.1 Å². The number of hydrogen-bond acceptors (Lipinski definition) is 3. The van der Waals surface area contributed by atoms with Crippen LogP contribution in [0.25, 0.3) is 0 Å². The van der Waals surface area contributed by atoms with E-state index in [0.717, 1.165) is 38.0 Å². The Balaban J connectivity index is 1.76. The van der Waals surface area contributed by atoms with E-state index in [4.69, 9.17) is 16.3 Å². The molecule has 1 heterocycles. The molecule has 0 aliphatic carbocycles. The molecule has 1 aromatic carbocycles. The van der Waals surface area contributed by atoms with Gasteiger partial charge in [-0.25, -0.2) is 0 Å². The van der Waals surface area contributed by atoms with Gasteiger partial charge in [-0.3, -0.25) is 4.79 Å². The van der Waals surface area contributed by atoms with Crippen molar-refractivity contribution >= 4 is 17.5 Å². The number of ether oxygens (including phenoxy) is 1.